The molecule has 1 aliphatic rings. The summed E-state index contributed by atoms with van der Waals surface area (Å²) in [7, 11) is 0. The Morgan fingerprint density at radius 2 is 2.33 bits per heavy atom. The zero-order valence-electron chi connectivity index (χ0n) is 10.9. The topological polar surface area (TPSA) is 32.3 Å². The van der Waals surface area contributed by atoms with Crippen molar-refractivity contribution in [3.05, 3.63) is 34.3 Å². The summed E-state index contributed by atoms with van der Waals surface area (Å²) in [6, 6.07) is 6.17. The molecule has 0 aromatic heterocycles. The molecule has 0 spiro atoms. The molecule has 1 amide bonds. The van der Waals surface area contributed by atoms with Crippen LogP contribution >= 0.6 is 11.6 Å². The van der Waals surface area contributed by atoms with E-state index in [0.717, 1.165) is 31.1 Å². The minimum Gasteiger partial charge on any atom is -0.337 e. The average molecular weight is 267 g/mol. The fraction of sp³-hybridized carbons (Fsp3) is 0.500. The number of piperazine rings is 1. The number of nitrogens with zero attached hydrogens (tertiary/aromatic N) is 1. The second-order valence-corrected chi connectivity index (χ2v) is 5.28. The second kappa shape index (κ2) is 5.72. The van der Waals surface area contributed by atoms with Crippen LogP contribution in [0.25, 0.3) is 0 Å². The van der Waals surface area contributed by atoms with Crippen molar-refractivity contribution in [2.45, 2.75) is 26.3 Å². The number of hydrogen-bond donors (Lipinski definition) is 1. The SMILES string of the molecule is CC(=O)N1CCNCC1Cc1cc(Cl)ccc1C. The number of hydrogen-bond acceptors (Lipinski definition) is 2. The summed E-state index contributed by atoms with van der Waals surface area (Å²) in [5, 5.41) is 4.11. The van der Waals surface area contributed by atoms with Crippen LogP contribution in [0.1, 0.15) is 18.1 Å². The molecule has 1 fully saturated rings. The first-order chi connectivity index (χ1) is 8.58. The molecule has 1 unspecified atom stereocenters. The van der Waals surface area contributed by atoms with E-state index < -0.39 is 0 Å². The third-order valence-electron chi connectivity index (χ3n) is 3.52. The van der Waals surface area contributed by atoms with Crippen LogP contribution in [0.5, 0.6) is 0 Å². The smallest absolute Gasteiger partial charge is 0.219 e. The fourth-order valence-electron chi connectivity index (χ4n) is 2.47. The van der Waals surface area contributed by atoms with E-state index in [2.05, 4.69) is 12.2 Å². The van der Waals surface area contributed by atoms with E-state index in [4.69, 9.17) is 11.6 Å². The highest BCUT2D eigenvalue weighted by Gasteiger charge is 2.24. The van der Waals surface area contributed by atoms with Gasteiger partial charge in [0.1, 0.15) is 0 Å². The van der Waals surface area contributed by atoms with Crippen LogP contribution < -0.4 is 5.32 Å². The predicted molar refractivity (Wildman–Crippen MR) is 73.9 cm³/mol. The van der Waals surface area contributed by atoms with Crippen molar-refractivity contribution in [1.82, 2.24) is 10.2 Å². The predicted octanol–water partition coefficient (Wildman–Crippen LogP) is 2.01. The standard InChI is InChI=1S/C14H19ClN2O/c1-10-3-4-13(15)7-12(10)8-14-9-16-5-6-17(14)11(2)18/h3-4,7,14,16H,5-6,8-9H2,1-2H3. The van der Waals surface area contributed by atoms with Gasteiger partial charge in [-0.2, -0.15) is 0 Å². The first-order valence-corrected chi connectivity index (χ1v) is 6.68. The molecule has 0 radical (unpaired) electrons. The molecule has 4 heteroatoms. The summed E-state index contributed by atoms with van der Waals surface area (Å²) in [5.74, 6) is 0.154. The molecule has 1 atom stereocenters. The van der Waals surface area contributed by atoms with Crippen LogP contribution in [-0.2, 0) is 11.2 Å². The van der Waals surface area contributed by atoms with Crippen LogP contribution in [0, 0.1) is 6.92 Å². The number of rotatable bonds is 2. The largest absolute Gasteiger partial charge is 0.337 e. The number of aryl methyl sites for hydroxylation is 1. The fourth-order valence-corrected chi connectivity index (χ4v) is 2.67. The van der Waals surface area contributed by atoms with Crippen LogP contribution in [0.4, 0.5) is 0 Å². The molecule has 1 N–H and O–H groups in total. The molecule has 0 bridgehead atoms. The van der Waals surface area contributed by atoms with Gasteiger partial charge in [0.05, 0.1) is 0 Å². The zero-order valence-corrected chi connectivity index (χ0v) is 11.6. The van der Waals surface area contributed by atoms with Gasteiger partial charge in [-0.1, -0.05) is 17.7 Å². The van der Waals surface area contributed by atoms with Crippen LogP contribution in [0.3, 0.4) is 0 Å². The Hall–Kier alpha value is -1.06. The molecule has 98 valence electrons. The maximum absolute atomic E-state index is 11.6. The van der Waals surface area contributed by atoms with Crippen molar-refractivity contribution in [3.63, 3.8) is 0 Å². The van der Waals surface area contributed by atoms with E-state index in [-0.39, 0.29) is 11.9 Å². The van der Waals surface area contributed by atoms with E-state index in [1.54, 1.807) is 6.92 Å². The lowest BCUT2D eigenvalue weighted by Gasteiger charge is -2.36. The highest BCUT2D eigenvalue weighted by molar-refractivity contribution is 6.30. The number of carbonyl (C=O) groups is 1. The summed E-state index contributed by atoms with van der Waals surface area (Å²) < 4.78 is 0. The number of benzene rings is 1. The first-order valence-electron chi connectivity index (χ1n) is 6.31. The van der Waals surface area contributed by atoms with Crippen molar-refractivity contribution >= 4 is 17.5 Å². The number of nitrogens with one attached hydrogen (secondary N) is 1. The van der Waals surface area contributed by atoms with Crippen molar-refractivity contribution in [3.8, 4) is 0 Å². The minimum atomic E-state index is 0.154. The van der Waals surface area contributed by atoms with Crippen LogP contribution in [-0.4, -0.2) is 36.5 Å². The zero-order chi connectivity index (χ0) is 13.1. The van der Waals surface area contributed by atoms with E-state index in [1.807, 2.05) is 23.1 Å². The molecule has 1 aromatic carbocycles. The van der Waals surface area contributed by atoms with Gasteiger partial charge >= 0.3 is 0 Å². The second-order valence-electron chi connectivity index (χ2n) is 4.85. The Labute approximate surface area is 113 Å². The Bertz CT molecular complexity index is 447. The normalized spacial score (nSPS) is 19.9. The quantitative estimate of drug-likeness (QED) is 0.888. The van der Waals surface area contributed by atoms with E-state index in [0.29, 0.717) is 0 Å². The van der Waals surface area contributed by atoms with Crippen LogP contribution in [0.2, 0.25) is 5.02 Å². The molecule has 1 aromatic rings. The molecule has 18 heavy (non-hydrogen) atoms. The summed E-state index contributed by atoms with van der Waals surface area (Å²) in [6.45, 7) is 6.25. The lowest BCUT2D eigenvalue weighted by Crippen LogP contribution is -2.53. The monoisotopic (exact) mass is 266 g/mol. The first kappa shape index (κ1) is 13.4. The van der Waals surface area contributed by atoms with Crippen molar-refractivity contribution in [2.24, 2.45) is 0 Å². The average Bonchev–Trinajstić information content (AvgIpc) is 2.34. The van der Waals surface area contributed by atoms with Gasteiger partial charge in [0.15, 0.2) is 0 Å². The Kier molecular flexibility index (Phi) is 4.25. The molecule has 2 rings (SSSR count). The molecule has 3 nitrogen and oxygen atoms in total. The van der Waals surface area contributed by atoms with Gasteiger partial charge in [0, 0.05) is 37.6 Å². The Morgan fingerprint density at radius 1 is 1.56 bits per heavy atom. The van der Waals surface area contributed by atoms with Crippen molar-refractivity contribution in [2.75, 3.05) is 19.6 Å². The highest BCUT2D eigenvalue weighted by atomic mass is 35.5. The third-order valence-corrected chi connectivity index (χ3v) is 3.76. The summed E-state index contributed by atoms with van der Waals surface area (Å²) in [6.07, 6.45) is 0.860. The lowest BCUT2D eigenvalue weighted by atomic mass is 9.99. The lowest BCUT2D eigenvalue weighted by molar-refractivity contribution is -0.131. The van der Waals surface area contributed by atoms with E-state index in [9.17, 15) is 4.79 Å². The molecule has 1 heterocycles. The molecule has 0 saturated carbocycles. The van der Waals surface area contributed by atoms with E-state index >= 15 is 0 Å². The van der Waals surface area contributed by atoms with Gasteiger partial charge < -0.3 is 10.2 Å². The molecule has 0 aliphatic carbocycles. The maximum atomic E-state index is 11.6. The number of carbonyl (C=O) groups excluding carboxylic acids is 1. The van der Waals surface area contributed by atoms with Gasteiger partial charge in [-0.05, 0) is 36.6 Å². The third kappa shape index (κ3) is 3.03. The molecule has 1 aliphatic heterocycles. The van der Waals surface area contributed by atoms with Crippen LogP contribution in [0.15, 0.2) is 18.2 Å². The molecule has 1 saturated heterocycles. The van der Waals surface area contributed by atoms with E-state index in [1.165, 1.54) is 11.1 Å². The van der Waals surface area contributed by atoms with Crippen molar-refractivity contribution in [1.29, 1.82) is 0 Å². The van der Waals surface area contributed by atoms with Gasteiger partial charge in [0.2, 0.25) is 5.91 Å². The van der Waals surface area contributed by atoms with Gasteiger partial charge in [-0.25, -0.2) is 0 Å². The Balaban J connectivity index is 2.15. The Morgan fingerprint density at radius 3 is 3.06 bits per heavy atom. The van der Waals surface area contributed by atoms with Gasteiger partial charge in [-0.15, -0.1) is 0 Å². The maximum Gasteiger partial charge on any atom is 0.219 e. The molecular formula is C14H19ClN2O. The highest BCUT2D eigenvalue weighted by Crippen LogP contribution is 2.19. The minimum absolute atomic E-state index is 0.154. The summed E-state index contributed by atoms with van der Waals surface area (Å²) in [4.78, 5) is 13.6. The summed E-state index contributed by atoms with van der Waals surface area (Å²) in [5.41, 5.74) is 2.45. The van der Waals surface area contributed by atoms with Crippen molar-refractivity contribution < 1.29 is 4.79 Å². The van der Waals surface area contributed by atoms with Gasteiger partial charge in [-0.3, -0.25) is 4.79 Å². The summed E-state index contributed by atoms with van der Waals surface area (Å²) >= 11 is 6.04. The number of amides is 1. The molecular weight excluding hydrogens is 248 g/mol. The van der Waals surface area contributed by atoms with Gasteiger partial charge in [0.25, 0.3) is 0 Å². The number of halogens is 1.